The Labute approximate surface area is 162 Å². The smallest absolute Gasteiger partial charge is 0.252 e. The highest BCUT2D eigenvalue weighted by Crippen LogP contribution is 2.56. The molecule has 1 aromatic rings. The maximum Gasteiger partial charge on any atom is 0.252 e. The van der Waals surface area contributed by atoms with Gasteiger partial charge in [0.15, 0.2) is 5.82 Å². The maximum atomic E-state index is 13.2. The van der Waals surface area contributed by atoms with E-state index in [9.17, 15) is 9.59 Å². The van der Waals surface area contributed by atoms with Gasteiger partial charge in [0.2, 0.25) is 5.91 Å². The summed E-state index contributed by atoms with van der Waals surface area (Å²) >= 11 is 0. The molecule has 3 rings (SSSR count). The molecule has 2 N–H and O–H groups in total. The van der Waals surface area contributed by atoms with Gasteiger partial charge in [-0.1, -0.05) is 26.1 Å². The van der Waals surface area contributed by atoms with Crippen LogP contribution in [0.1, 0.15) is 51.3 Å². The van der Waals surface area contributed by atoms with Crippen LogP contribution in [0.3, 0.4) is 0 Å². The quantitative estimate of drug-likeness (QED) is 0.753. The number of aromatic nitrogens is 2. The number of methoxy groups -OCH3 is 1. The average Bonchev–Trinajstić information content (AvgIpc) is 3.02. The molecule has 1 aliphatic carbocycles. The average molecular weight is 393 g/mol. The number of nitrogens with zero attached hydrogens (tertiary/aromatic N) is 2. The Bertz CT molecular complexity index is 761. The van der Waals surface area contributed by atoms with Gasteiger partial charge in [0, 0.05) is 17.7 Å². The number of H-pyrrole nitrogens is 1. The molecule has 0 spiro atoms. The molecule has 27 heavy (non-hydrogen) atoms. The van der Waals surface area contributed by atoms with Gasteiger partial charge in [0.25, 0.3) is 5.91 Å². The van der Waals surface area contributed by atoms with Gasteiger partial charge in [-0.3, -0.25) is 14.7 Å². The Balaban J connectivity index is 1.85. The van der Waals surface area contributed by atoms with Gasteiger partial charge in [-0.15, -0.1) is 0 Å². The molecule has 2 aliphatic rings. The number of aromatic amines is 1. The van der Waals surface area contributed by atoms with Gasteiger partial charge in [-0.2, -0.15) is 5.10 Å². The zero-order valence-electron chi connectivity index (χ0n) is 17.5. The van der Waals surface area contributed by atoms with Crippen molar-refractivity contribution in [3.8, 4) is 0 Å². The first-order valence-corrected chi connectivity index (χ1v) is 13.2. The van der Waals surface area contributed by atoms with Crippen molar-refractivity contribution in [1.82, 2.24) is 15.1 Å². The molecule has 150 valence electrons. The van der Waals surface area contributed by atoms with E-state index in [1.165, 1.54) is 7.11 Å². The number of rotatable bonds is 5. The van der Waals surface area contributed by atoms with Crippen molar-refractivity contribution in [3.05, 3.63) is 11.3 Å². The van der Waals surface area contributed by atoms with E-state index < -0.39 is 19.7 Å². The fourth-order valence-electron chi connectivity index (χ4n) is 4.37. The van der Waals surface area contributed by atoms with Crippen molar-refractivity contribution >= 4 is 25.7 Å². The molecule has 2 heterocycles. The summed E-state index contributed by atoms with van der Waals surface area (Å²) in [5.41, 5.74) is 1.25. The second kappa shape index (κ2) is 6.44. The van der Waals surface area contributed by atoms with Crippen LogP contribution in [0.5, 0.6) is 0 Å². The summed E-state index contributed by atoms with van der Waals surface area (Å²) < 4.78 is 5.21. The Kier molecular flexibility index (Phi) is 4.79. The van der Waals surface area contributed by atoms with Gasteiger partial charge in [-0.25, -0.2) is 0 Å². The molecule has 2 amide bonds. The lowest BCUT2D eigenvalue weighted by Gasteiger charge is -2.48. The van der Waals surface area contributed by atoms with Gasteiger partial charge >= 0.3 is 0 Å². The Hall–Kier alpha value is -1.67. The first kappa shape index (κ1) is 20.1. The lowest BCUT2D eigenvalue weighted by molar-refractivity contribution is -0.146. The number of anilines is 1. The van der Waals surface area contributed by atoms with Crippen LogP contribution in [-0.4, -0.2) is 48.2 Å². The second-order valence-corrected chi connectivity index (χ2v) is 14.9. The standard InChI is InChI=1S/C19H32N4O3Si/c1-12(26-4)16(24)23-11-13-14(18(23,2)3)21-22-15(13)20-17(25)19(9-8-10-19)27(5,6)7/h12H,8-11H2,1-7H3,(H2,20,21,22,25). The fraction of sp³-hybridized carbons (Fsp3) is 0.737. The molecule has 0 saturated heterocycles. The van der Waals surface area contributed by atoms with E-state index >= 15 is 0 Å². The van der Waals surface area contributed by atoms with Crippen LogP contribution in [0.2, 0.25) is 24.7 Å². The molecular weight excluding hydrogens is 360 g/mol. The molecule has 7 nitrogen and oxygen atoms in total. The van der Waals surface area contributed by atoms with E-state index in [1.54, 1.807) is 11.8 Å². The summed E-state index contributed by atoms with van der Waals surface area (Å²) in [6.07, 6.45) is 2.52. The highest BCUT2D eigenvalue weighted by atomic mass is 28.3. The van der Waals surface area contributed by atoms with Gasteiger partial charge in [-0.05, 0) is 33.6 Å². The van der Waals surface area contributed by atoms with E-state index in [4.69, 9.17) is 4.74 Å². The van der Waals surface area contributed by atoms with E-state index in [2.05, 4.69) is 35.2 Å². The zero-order valence-corrected chi connectivity index (χ0v) is 18.5. The predicted octanol–water partition coefficient (Wildman–Crippen LogP) is 3.22. The predicted molar refractivity (Wildman–Crippen MR) is 107 cm³/mol. The minimum atomic E-state index is -1.66. The molecule has 1 fully saturated rings. The molecule has 1 aromatic heterocycles. The van der Waals surface area contributed by atoms with Crippen LogP contribution in [0.4, 0.5) is 5.82 Å². The molecule has 1 unspecified atom stereocenters. The maximum absolute atomic E-state index is 13.2. The molecular formula is C19H32N4O3Si. The number of amides is 2. The normalized spacial score (nSPS) is 21.4. The second-order valence-electron chi connectivity index (χ2n) is 9.43. The summed E-state index contributed by atoms with van der Waals surface area (Å²) in [7, 11) is -0.123. The lowest BCUT2D eigenvalue weighted by atomic mass is 9.83. The van der Waals surface area contributed by atoms with E-state index in [0.29, 0.717) is 12.4 Å². The first-order valence-electron chi connectivity index (χ1n) is 9.69. The van der Waals surface area contributed by atoms with Crippen LogP contribution in [0, 0.1) is 0 Å². The third kappa shape index (κ3) is 2.93. The summed E-state index contributed by atoms with van der Waals surface area (Å²) in [5.74, 6) is 0.588. The summed E-state index contributed by atoms with van der Waals surface area (Å²) in [6, 6.07) is 0. The van der Waals surface area contributed by atoms with Crippen molar-refractivity contribution in [3.63, 3.8) is 0 Å². The number of nitrogens with one attached hydrogen (secondary N) is 2. The monoisotopic (exact) mass is 392 g/mol. The molecule has 0 radical (unpaired) electrons. The molecule has 1 aliphatic heterocycles. The number of hydrogen-bond acceptors (Lipinski definition) is 4. The highest BCUT2D eigenvalue weighted by Gasteiger charge is 2.54. The topological polar surface area (TPSA) is 87.3 Å². The van der Waals surface area contributed by atoms with Crippen LogP contribution in [-0.2, 0) is 26.4 Å². The summed E-state index contributed by atoms with van der Waals surface area (Å²) in [5, 5.41) is 10.3. The van der Waals surface area contributed by atoms with Gasteiger partial charge in [0.1, 0.15) is 6.10 Å². The molecule has 1 atom stereocenters. The molecule has 0 bridgehead atoms. The van der Waals surface area contributed by atoms with Gasteiger partial charge in [0.05, 0.1) is 25.9 Å². The van der Waals surface area contributed by atoms with Crippen LogP contribution < -0.4 is 5.32 Å². The zero-order chi connectivity index (χ0) is 20.2. The fourth-order valence-corrected chi connectivity index (χ4v) is 6.97. The summed E-state index contributed by atoms with van der Waals surface area (Å²) in [6.45, 7) is 12.9. The Morgan fingerprint density at radius 1 is 1.30 bits per heavy atom. The molecule has 0 aromatic carbocycles. The Morgan fingerprint density at radius 2 is 1.93 bits per heavy atom. The van der Waals surface area contributed by atoms with Crippen molar-refractivity contribution in [1.29, 1.82) is 0 Å². The van der Waals surface area contributed by atoms with E-state index in [-0.39, 0.29) is 16.9 Å². The van der Waals surface area contributed by atoms with Crippen molar-refractivity contribution in [2.24, 2.45) is 0 Å². The highest BCUT2D eigenvalue weighted by molar-refractivity contribution is 6.83. The first-order chi connectivity index (χ1) is 12.5. The minimum Gasteiger partial charge on any atom is -0.372 e. The number of ether oxygens (including phenoxy) is 1. The SMILES string of the molecule is COC(C)C(=O)N1Cc2c(NC(=O)C3([Si](C)(C)C)CCC3)n[nH]c2C1(C)C. The third-order valence-corrected chi connectivity index (χ3v) is 10.3. The van der Waals surface area contributed by atoms with Crippen molar-refractivity contribution < 1.29 is 14.3 Å². The van der Waals surface area contributed by atoms with E-state index in [0.717, 1.165) is 30.5 Å². The number of fused-ring (bicyclic) bond motifs is 1. The van der Waals surface area contributed by atoms with Crippen LogP contribution in [0.25, 0.3) is 0 Å². The molecule has 1 saturated carbocycles. The number of carbonyl (C=O) groups excluding carboxylic acids is 2. The lowest BCUT2D eigenvalue weighted by Crippen LogP contribution is -2.52. The number of hydrogen-bond donors (Lipinski definition) is 2. The number of carbonyl (C=O) groups is 2. The Morgan fingerprint density at radius 3 is 2.41 bits per heavy atom. The van der Waals surface area contributed by atoms with Gasteiger partial charge < -0.3 is 15.0 Å². The molecule has 8 heteroatoms. The van der Waals surface area contributed by atoms with Crippen LogP contribution in [0.15, 0.2) is 0 Å². The van der Waals surface area contributed by atoms with Crippen molar-refractivity contribution in [2.75, 3.05) is 12.4 Å². The van der Waals surface area contributed by atoms with Crippen molar-refractivity contribution in [2.45, 2.75) is 82.9 Å². The van der Waals surface area contributed by atoms with Crippen LogP contribution >= 0.6 is 0 Å². The minimum absolute atomic E-state index is 0.0676. The van der Waals surface area contributed by atoms with E-state index in [1.807, 2.05) is 13.8 Å². The largest absolute Gasteiger partial charge is 0.372 e. The third-order valence-electron chi connectivity index (χ3n) is 6.75. The summed E-state index contributed by atoms with van der Waals surface area (Å²) in [4.78, 5) is 27.7.